The van der Waals surface area contributed by atoms with Crippen molar-refractivity contribution in [1.29, 1.82) is 0 Å². The van der Waals surface area contributed by atoms with Gasteiger partial charge < -0.3 is 23.7 Å². The number of pyridine rings is 1. The monoisotopic (exact) mass is 507 g/mol. The molecule has 1 aliphatic heterocycles. The van der Waals surface area contributed by atoms with E-state index in [1.807, 2.05) is 17.0 Å². The van der Waals surface area contributed by atoms with Crippen LogP contribution in [0.5, 0.6) is 5.75 Å². The predicted molar refractivity (Wildman–Crippen MR) is 138 cm³/mol. The summed E-state index contributed by atoms with van der Waals surface area (Å²) in [6.07, 6.45) is 8.73. The first-order valence-electron chi connectivity index (χ1n) is 12.9. The SMILES string of the molecule is COc1c(N2CCN(Cc3ccc(C4=CCCC4)o3)CC2)c(F)cc2c(=O)c(C(=O)O)cn(C3CC3)c12. The van der Waals surface area contributed by atoms with Gasteiger partial charge in [-0.15, -0.1) is 0 Å². The minimum absolute atomic E-state index is 0.0366. The van der Waals surface area contributed by atoms with Gasteiger partial charge in [0, 0.05) is 38.4 Å². The Labute approximate surface area is 213 Å². The second-order valence-corrected chi connectivity index (χ2v) is 10.1. The number of carboxylic acids is 1. The Hall–Kier alpha value is -3.59. The molecule has 37 heavy (non-hydrogen) atoms. The lowest BCUT2D eigenvalue weighted by molar-refractivity contribution is 0.0694. The van der Waals surface area contributed by atoms with Crippen molar-refractivity contribution in [2.45, 2.75) is 44.7 Å². The summed E-state index contributed by atoms with van der Waals surface area (Å²) in [5, 5.41) is 9.57. The van der Waals surface area contributed by atoms with Gasteiger partial charge in [-0.1, -0.05) is 6.08 Å². The maximum atomic E-state index is 15.6. The molecule has 2 aliphatic carbocycles. The van der Waals surface area contributed by atoms with E-state index in [-0.39, 0.29) is 22.7 Å². The molecule has 6 rings (SSSR count). The number of methoxy groups -OCH3 is 1. The highest BCUT2D eigenvalue weighted by atomic mass is 19.1. The van der Waals surface area contributed by atoms with Crippen LogP contribution in [0.4, 0.5) is 10.1 Å². The summed E-state index contributed by atoms with van der Waals surface area (Å²) in [5.41, 5.74) is 1.02. The molecule has 1 saturated heterocycles. The van der Waals surface area contributed by atoms with Crippen molar-refractivity contribution in [3.05, 3.63) is 63.6 Å². The number of carboxylic acid groups (broad SMARTS) is 1. The maximum absolute atomic E-state index is 15.6. The van der Waals surface area contributed by atoms with Crippen molar-refractivity contribution < 1.29 is 23.4 Å². The van der Waals surface area contributed by atoms with E-state index in [9.17, 15) is 14.7 Å². The van der Waals surface area contributed by atoms with Crippen LogP contribution >= 0.6 is 0 Å². The number of aromatic nitrogens is 1. The Kier molecular flexibility index (Phi) is 6.03. The first kappa shape index (κ1) is 23.8. The number of fused-ring (bicyclic) bond motifs is 1. The van der Waals surface area contributed by atoms with Crippen LogP contribution in [-0.4, -0.2) is 53.8 Å². The molecule has 8 nitrogen and oxygen atoms in total. The van der Waals surface area contributed by atoms with E-state index in [4.69, 9.17) is 9.15 Å². The Morgan fingerprint density at radius 2 is 2.00 bits per heavy atom. The number of ether oxygens (including phenoxy) is 1. The van der Waals surface area contributed by atoms with Crippen molar-refractivity contribution in [3.63, 3.8) is 0 Å². The molecule has 1 N–H and O–H groups in total. The fraction of sp³-hybridized carbons (Fsp3) is 0.429. The molecule has 3 aliphatic rings. The van der Waals surface area contributed by atoms with E-state index in [2.05, 4.69) is 11.0 Å². The third kappa shape index (κ3) is 4.31. The van der Waals surface area contributed by atoms with Gasteiger partial charge in [0.1, 0.15) is 22.8 Å². The van der Waals surface area contributed by atoms with Crippen LogP contribution in [0.2, 0.25) is 0 Å². The summed E-state index contributed by atoms with van der Waals surface area (Å²) in [7, 11) is 1.47. The highest BCUT2D eigenvalue weighted by Crippen LogP contribution is 2.44. The highest BCUT2D eigenvalue weighted by molar-refractivity contribution is 5.97. The van der Waals surface area contributed by atoms with Crippen molar-refractivity contribution in [2.24, 2.45) is 0 Å². The second-order valence-electron chi connectivity index (χ2n) is 10.1. The lowest BCUT2D eigenvalue weighted by Gasteiger charge is -2.36. The van der Waals surface area contributed by atoms with E-state index in [0.29, 0.717) is 43.9 Å². The van der Waals surface area contributed by atoms with Gasteiger partial charge in [0.2, 0.25) is 5.43 Å². The standard InChI is InChI=1S/C28H30FN3O5/c1-36-27-24-20(26(33)21(28(34)35)16-32(24)18-6-7-18)14-22(29)25(27)31-12-10-30(11-13-31)15-19-8-9-23(37-19)17-4-2-3-5-17/h4,8-9,14,16,18H,2-3,5-7,10-13,15H2,1H3,(H,34,35). The fourth-order valence-electron chi connectivity index (χ4n) is 5.60. The number of nitrogens with zero attached hydrogens (tertiary/aromatic N) is 3. The van der Waals surface area contributed by atoms with Crippen molar-refractivity contribution in [3.8, 4) is 5.75 Å². The Morgan fingerprint density at radius 3 is 2.65 bits per heavy atom. The van der Waals surface area contributed by atoms with Crippen LogP contribution in [0.1, 0.15) is 60.0 Å². The number of piperazine rings is 1. The molecule has 3 aromatic rings. The molecule has 0 amide bonds. The zero-order valence-electron chi connectivity index (χ0n) is 20.8. The van der Waals surface area contributed by atoms with Gasteiger partial charge in [-0.05, 0) is 55.9 Å². The first-order chi connectivity index (χ1) is 17.9. The average molecular weight is 508 g/mol. The number of rotatable bonds is 7. The summed E-state index contributed by atoms with van der Waals surface area (Å²) in [6, 6.07) is 5.33. The van der Waals surface area contributed by atoms with Crippen molar-refractivity contribution in [2.75, 3.05) is 38.2 Å². The summed E-state index contributed by atoms with van der Waals surface area (Å²) < 4.78 is 29.1. The number of anilines is 1. The zero-order valence-corrected chi connectivity index (χ0v) is 20.8. The Balaban J connectivity index is 1.27. The molecule has 0 bridgehead atoms. The molecule has 2 fully saturated rings. The minimum Gasteiger partial charge on any atom is -0.492 e. The highest BCUT2D eigenvalue weighted by Gasteiger charge is 2.32. The van der Waals surface area contributed by atoms with Crippen LogP contribution < -0.4 is 15.1 Å². The Bertz CT molecular complexity index is 1460. The van der Waals surface area contributed by atoms with E-state index < -0.39 is 17.2 Å². The second kappa shape index (κ2) is 9.37. The molecule has 2 aromatic heterocycles. The van der Waals surface area contributed by atoms with Crippen LogP contribution in [0.15, 0.2) is 39.7 Å². The number of allylic oxidation sites excluding steroid dienone is 2. The number of halogens is 1. The molecule has 1 saturated carbocycles. The molecule has 0 unspecified atom stereocenters. The van der Waals surface area contributed by atoms with Crippen LogP contribution in [-0.2, 0) is 6.54 Å². The van der Waals surface area contributed by atoms with E-state index in [0.717, 1.165) is 37.2 Å². The van der Waals surface area contributed by atoms with Gasteiger partial charge in [-0.25, -0.2) is 9.18 Å². The zero-order chi connectivity index (χ0) is 25.7. The number of hydrogen-bond acceptors (Lipinski definition) is 6. The summed E-state index contributed by atoms with van der Waals surface area (Å²) in [6.45, 7) is 3.29. The van der Waals surface area contributed by atoms with Gasteiger partial charge >= 0.3 is 5.97 Å². The molecule has 0 atom stereocenters. The van der Waals surface area contributed by atoms with Crippen molar-refractivity contribution in [1.82, 2.24) is 9.47 Å². The van der Waals surface area contributed by atoms with Crippen LogP contribution in [0, 0.1) is 5.82 Å². The number of benzene rings is 1. The van der Waals surface area contributed by atoms with Gasteiger partial charge in [0.05, 0.1) is 24.6 Å². The van der Waals surface area contributed by atoms with Gasteiger partial charge in [-0.2, -0.15) is 0 Å². The average Bonchev–Trinajstić information content (AvgIpc) is 3.38. The maximum Gasteiger partial charge on any atom is 0.341 e. The van der Waals surface area contributed by atoms with E-state index in [1.165, 1.54) is 31.4 Å². The summed E-state index contributed by atoms with van der Waals surface area (Å²) in [5.74, 6) is 0.269. The van der Waals surface area contributed by atoms with Crippen LogP contribution in [0.3, 0.4) is 0 Å². The fourth-order valence-corrected chi connectivity index (χ4v) is 5.60. The number of aromatic carboxylic acids is 1. The molecular weight excluding hydrogens is 477 g/mol. The number of hydrogen-bond donors (Lipinski definition) is 1. The predicted octanol–water partition coefficient (Wildman–Crippen LogP) is 4.66. The lowest BCUT2D eigenvalue weighted by Crippen LogP contribution is -2.46. The number of carbonyl (C=O) groups is 1. The molecule has 9 heteroatoms. The van der Waals surface area contributed by atoms with E-state index in [1.54, 1.807) is 4.57 Å². The van der Waals surface area contributed by atoms with Crippen LogP contribution in [0.25, 0.3) is 16.5 Å². The Morgan fingerprint density at radius 1 is 1.22 bits per heavy atom. The summed E-state index contributed by atoms with van der Waals surface area (Å²) >= 11 is 0. The third-order valence-electron chi connectivity index (χ3n) is 7.66. The lowest BCUT2D eigenvalue weighted by atomic mass is 10.1. The first-order valence-corrected chi connectivity index (χ1v) is 12.9. The number of furan rings is 1. The van der Waals surface area contributed by atoms with Gasteiger partial charge in [0.25, 0.3) is 0 Å². The smallest absolute Gasteiger partial charge is 0.341 e. The minimum atomic E-state index is -1.32. The molecular formula is C28H30FN3O5. The summed E-state index contributed by atoms with van der Waals surface area (Å²) in [4.78, 5) is 28.8. The molecule has 0 spiro atoms. The molecule has 0 radical (unpaired) electrons. The quantitative estimate of drug-likeness (QED) is 0.497. The molecule has 3 heterocycles. The topological polar surface area (TPSA) is 88.2 Å². The largest absolute Gasteiger partial charge is 0.492 e. The van der Waals surface area contributed by atoms with E-state index >= 15 is 4.39 Å². The molecule has 194 valence electrons. The van der Waals surface area contributed by atoms with Gasteiger partial charge in [0.15, 0.2) is 11.6 Å². The van der Waals surface area contributed by atoms with Crippen molar-refractivity contribution >= 4 is 28.1 Å². The third-order valence-corrected chi connectivity index (χ3v) is 7.66. The van der Waals surface area contributed by atoms with Gasteiger partial charge in [-0.3, -0.25) is 9.69 Å². The molecule has 1 aromatic carbocycles. The normalized spacial score (nSPS) is 18.4.